The van der Waals surface area contributed by atoms with Crippen molar-refractivity contribution in [2.45, 2.75) is 46.1 Å². The molecular weight excluding hydrogens is 264 g/mol. The molecule has 3 N–H and O–H groups in total. The number of hydrogen-bond donors (Lipinski definition) is 2. The van der Waals surface area contributed by atoms with E-state index in [9.17, 15) is 4.79 Å². The predicted octanol–water partition coefficient (Wildman–Crippen LogP) is 2.12. The van der Waals surface area contributed by atoms with Gasteiger partial charge in [-0.05, 0) is 49.3 Å². The van der Waals surface area contributed by atoms with E-state index < -0.39 is 0 Å². The zero-order valence-electron chi connectivity index (χ0n) is 13.2. The second-order valence-electron chi connectivity index (χ2n) is 6.44. The third kappa shape index (κ3) is 3.38. The SMILES string of the molecule is CC(C)Cc1cc2c(c(C(N)=O)c1)N(CCCO)C(C)C2. The molecule has 1 aliphatic rings. The number of nitrogens with zero attached hydrogens (tertiary/aromatic N) is 1. The maximum Gasteiger partial charge on any atom is 0.250 e. The van der Waals surface area contributed by atoms with Crippen LogP contribution in [0.1, 0.15) is 48.7 Å². The van der Waals surface area contributed by atoms with Crippen LogP contribution in [-0.4, -0.2) is 30.2 Å². The summed E-state index contributed by atoms with van der Waals surface area (Å²) in [6.07, 6.45) is 2.60. The third-order valence-corrected chi connectivity index (χ3v) is 4.05. The Morgan fingerprint density at radius 1 is 1.48 bits per heavy atom. The topological polar surface area (TPSA) is 66.6 Å². The van der Waals surface area contributed by atoms with Crippen molar-refractivity contribution in [3.05, 3.63) is 28.8 Å². The average Bonchev–Trinajstić information content (AvgIpc) is 2.70. The molecule has 0 aliphatic carbocycles. The molecule has 2 rings (SSSR count). The van der Waals surface area contributed by atoms with E-state index in [-0.39, 0.29) is 12.5 Å². The molecule has 1 aromatic rings. The number of rotatable bonds is 6. The summed E-state index contributed by atoms with van der Waals surface area (Å²) < 4.78 is 0. The fraction of sp³-hybridized carbons (Fsp3) is 0.588. The summed E-state index contributed by atoms with van der Waals surface area (Å²) in [4.78, 5) is 14.1. The highest BCUT2D eigenvalue weighted by Crippen LogP contribution is 2.36. The standard InChI is InChI=1S/C17H26N2O2/c1-11(2)7-13-9-14-8-12(3)19(5-4-6-20)16(14)15(10-13)17(18)21/h9-12,20H,4-8H2,1-3H3,(H2,18,21). The Bertz CT molecular complexity index is 526. The molecular formula is C17H26N2O2. The van der Waals surface area contributed by atoms with Crippen LogP contribution >= 0.6 is 0 Å². The number of hydrogen-bond acceptors (Lipinski definition) is 3. The van der Waals surface area contributed by atoms with E-state index in [0.717, 1.165) is 25.1 Å². The molecule has 0 bridgehead atoms. The first kappa shape index (κ1) is 15.8. The van der Waals surface area contributed by atoms with Crippen LogP contribution < -0.4 is 10.6 Å². The lowest BCUT2D eigenvalue weighted by Gasteiger charge is -2.26. The van der Waals surface area contributed by atoms with Gasteiger partial charge >= 0.3 is 0 Å². The summed E-state index contributed by atoms with van der Waals surface area (Å²) in [5, 5.41) is 9.06. The smallest absolute Gasteiger partial charge is 0.250 e. The van der Waals surface area contributed by atoms with Crippen LogP contribution in [0, 0.1) is 5.92 Å². The number of amides is 1. The summed E-state index contributed by atoms with van der Waals surface area (Å²) in [5.74, 6) is 0.188. The molecule has 0 saturated heterocycles. The van der Waals surface area contributed by atoms with Crippen molar-refractivity contribution in [1.29, 1.82) is 0 Å². The van der Waals surface area contributed by atoms with Crippen LogP contribution in [0.2, 0.25) is 0 Å². The predicted molar refractivity (Wildman–Crippen MR) is 85.7 cm³/mol. The van der Waals surface area contributed by atoms with Gasteiger partial charge in [0.05, 0.1) is 11.3 Å². The molecule has 4 heteroatoms. The zero-order chi connectivity index (χ0) is 15.6. The number of anilines is 1. The minimum atomic E-state index is -0.361. The lowest BCUT2D eigenvalue weighted by molar-refractivity contribution is 0.100. The highest BCUT2D eigenvalue weighted by molar-refractivity contribution is 6.00. The second-order valence-corrected chi connectivity index (χ2v) is 6.44. The average molecular weight is 290 g/mol. The highest BCUT2D eigenvalue weighted by Gasteiger charge is 2.30. The van der Waals surface area contributed by atoms with Gasteiger partial charge in [-0.25, -0.2) is 0 Å². The molecule has 1 atom stereocenters. The summed E-state index contributed by atoms with van der Waals surface area (Å²) >= 11 is 0. The zero-order valence-corrected chi connectivity index (χ0v) is 13.2. The molecule has 1 aromatic carbocycles. The van der Waals surface area contributed by atoms with Crippen LogP contribution in [-0.2, 0) is 12.8 Å². The third-order valence-electron chi connectivity index (χ3n) is 4.05. The fourth-order valence-corrected chi connectivity index (χ4v) is 3.25. The van der Waals surface area contributed by atoms with Gasteiger partial charge in [0.2, 0.25) is 0 Å². The van der Waals surface area contributed by atoms with Gasteiger partial charge in [0, 0.05) is 19.2 Å². The molecule has 0 aromatic heterocycles. The van der Waals surface area contributed by atoms with Crippen LogP contribution in [0.4, 0.5) is 5.69 Å². The van der Waals surface area contributed by atoms with Crippen molar-refractivity contribution < 1.29 is 9.90 Å². The van der Waals surface area contributed by atoms with Crippen LogP contribution in [0.15, 0.2) is 12.1 Å². The van der Waals surface area contributed by atoms with Gasteiger partial charge in [0.15, 0.2) is 0 Å². The molecule has 116 valence electrons. The van der Waals surface area contributed by atoms with Gasteiger partial charge in [0.1, 0.15) is 0 Å². The molecule has 0 radical (unpaired) electrons. The minimum absolute atomic E-state index is 0.163. The summed E-state index contributed by atoms with van der Waals surface area (Å²) in [5.41, 5.74) is 9.62. The number of aliphatic hydroxyl groups is 1. The number of primary amides is 1. The van der Waals surface area contributed by atoms with Gasteiger partial charge in [-0.3, -0.25) is 4.79 Å². The molecule has 1 unspecified atom stereocenters. The van der Waals surface area contributed by atoms with E-state index in [1.165, 1.54) is 11.1 Å². The summed E-state index contributed by atoms with van der Waals surface area (Å²) in [6.45, 7) is 7.43. The molecule has 1 heterocycles. The second kappa shape index (κ2) is 6.48. The largest absolute Gasteiger partial charge is 0.396 e. The Balaban J connectivity index is 2.43. The lowest BCUT2D eigenvalue weighted by Crippen LogP contribution is -2.32. The number of carbonyl (C=O) groups is 1. The Kier molecular flexibility index (Phi) is 4.88. The van der Waals surface area contributed by atoms with Gasteiger partial charge in [-0.1, -0.05) is 19.9 Å². The van der Waals surface area contributed by atoms with E-state index in [0.29, 0.717) is 23.9 Å². The molecule has 0 saturated carbocycles. The summed E-state index contributed by atoms with van der Waals surface area (Å²) in [7, 11) is 0. The number of aliphatic hydroxyl groups excluding tert-OH is 1. The van der Waals surface area contributed by atoms with Gasteiger partial charge < -0.3 is 15.7 Å². The normalized spacial score (nSPS) is 17.4. The van der Waals surface area contributed by atoms with Crippen molar-refractivity contribution in [1.82, 2.24) is 0 Å². The Labute approximate surface area is 126 Å². The van der Waals surface area contributed by atoms with Gasteiger partial charge in [0.25, 0.3) is 5.91 Å². The first-order valence-corrected chi connectivity index (χ1v) is 7.77. The van der Waals surface area contributed by atoms with Gasteiger partial charge in [-0.15, -0.1) is 0 Å². The van der Waals surface area contributed by atoms with Crippen molar-refractivity contribution in [2.75, 3.05) is 18.1 Å². The number of nitrogens with two attached hydrogens (primary N) is 1. The number of benzene rings is 1. The van der Waals surface area contributed by atoms with E-state index in [1.54, 1.807) is 0 Å². The molecule has 21 heavy (non-hydrogen) atoms. The maximum atomic E-state index is 11.9. The van der Waals surface area contributed by atoms with Gasteiger partial charge in [-0.2, -0.15) is 0 Å². The number of fused-ring (bicyclic) bond motifs is 1. The van der Waals surface area contributed by atoms with E-state index in [4.69, 9.17) is 10.8 Å². The first-order chi connectivity index (χ1) is 9.93. The summed E-state index contributed by atoms with van der Waals surface area (Å²) in [6, 6.07) is 4.52. The lowest BCUT2D eigenvalue weighted by atomic mass is 9.96. The maximum absolute atomic E-state index is 11.9. The fourth-order valence-electron chi connectivity index (χ4n) is 3.25. The van der Waals surface area contributed by atoms with Crippen LogP contribution in [0.3, 0.4) is 0 Å². The Morgan fingerprint density at radius 2 is 2.19 bits per heavy atom. The number of carbonyl (C=O) groups excluding carboxylic acids is 1. The first-order valence-electron chi connectivity index (χ1n) is 7.77. The van der Waals surface area contributed by atoms with Crippen LogP contribution in [0.25, 0.3) is 0 Å². The Morgan fingerprint density at radius 3 is 2.76 bits per heavy atom. The van der Waals surface area contributed by atoms with Crippen molar-refractivity contribution >= 4 is 11.6 Å². The molecule has 1 amide bonds. The monoisotopic (exact) mass is 290 g/mol. The highest BCUT2D eigenvalue weighted by atomic mass is 16.3. The molecule has 4 nitrogen and oxygen atoms in total. The van der Waals surface area contributed by atoms with Crippen LogP contribution in [0.5, 0.6) is 0 Å². The van der Waals surface area contributed by atoms with E-state index in [2.05, 4.69) is 31.7 Å². The van der Waals surface area contributed by atoms with Crippen molar-refractivity contribution in [3.8, 4) is 0 Å². The van der Waals surface area contributed by atoms with E-state index in [1.807, 2.05) is 6.07 Å². The van der Waals surface area contributed by atoms with Crippen molar-refractivity contribution in [2.24, 2.45) is 11.7 Å². The quantitative estimate of drug-likeness (QED) is 0.843. The Hall–Kier alpha value is -1.55. The minimum Gasteiger partial charge on any atom is -0.396 e. The molecule has 0 fully saturated rings. The molecule has 0 spiro atoms. The molecule has 1 aliphatic heterocycles. The van der Waals surface area contributed by atoms with Crippen molar-refractivity contribution in [3.63, 3.8) is 0 Å². The van der Waals surface area contributed by atoms with E-state index >= 15 is 0 Å².